The fourth-order valence-electron chi connectivity index (χ4n) is 2.49. The Hall–Kier alpha value is -3.12. The molecule has 1 unspecified atom stereocenters. The number of carbonyl (C=O) groups excluding carboxylic acids is 1. The van der Waals surface area contributed by atoms with E-state index in [-0.39, 0.29) is 18.0 Å². The number of hydrogen-bond acceptors (Lipinski definition) is 4. The van der Waals surface area contributed by atoms with Crippen LogP contribution < -0.4 is 5.32 Å². The third kappa shape index (κ3) is 4.24. The van der Waals surface area contributed by atoms with Crippen LogP contribution in [0.15, 0.2) is 66.9 Å². The quantitative estimate of drug-likeness (QED) is 0.641. The van der Waals surface area contributed by atoms with Gasteiger partial charge >= 0.3 is 0 Å². The molecule has 3 aromatic rings. The Morgan fingerprint density at radius 1 is 1.08 bits per heavy atom. The van der Waals surface area contributed by atoms with Gasteiger partial charge in [0.1, 0.15) is 0 Å². The number of rotatable bonds is 6. The van der Waals surface area contributed by atoms with Crippen LogP contribution in [0.5, 0.6) is 5.75 Å². The summed E-state index contributed by atoms with van der Waals surface area (Å²) in [5.74, 6) is -0.738. The van der Waals surface area contributed by atoms with Gasteiger partial charge in [-0.3, -0.25) is 4.79 Å². The zero-order chi connectivity index (χ0) is 17.6. The predicted molar refractivity (Wildman–Crippen MR) is 93.7 cm³/mol. The van der Waals surface area contributed by atoms with Crippen molar-refractivity contribution in [3.05, 3.63) is 78.1 Å². The Labute approximate surface area is 145 Å². The maximum Gasteiger partial charge on any atom is 0.275 e. The number of benzene rings is 2. The van der Waals surface area contributed by atoms with Gasteiger partial charge in [-0.1, -0.05) is 48.5 Å². The van der Waals surface area contributed by atoms with Crippen LogP contribution >= 0.6 is 0 Å². The third-order valence-electron chi connectivity index (χ3n) is 3.74. The highest BCUT2D eigenvalue weighted by Crippen LogP contribution is 2.17. The lowest BCUT2D eigenvalue weighted by atomic mass is 10.1. The molecule has 0 bridgehead atoms. The van der Waals surface area contributed by atoms with Gasteiger partial charge in [0, 0.05) is 13.0 Å². The van der Waals surface area contributed by atoms with Crippen LogP contribution in [0.3, 0.4) is 0 Å². The van der Waals surface area contributed by atoms with E-state index in [2.05, 4.69) is 10.4 Å². The van der Waals surface area contributed by atoms with E-state index in [4.69, 9.17) is 0 Å². The van der Waals surface area contributed by atoms with Gasteiger partial charge in [-0.2, -0.15) is 5.10 Å². The van der Waals surface area contributed by atoms with Crippen LogP contribution in [0.25, 0.3) is 5.69 Å². The number of aliphatic hydroxyl groups is 1. The SMILES string of the molecule is O=C(NCC(O)Cc1ccccc1)c1nn(-c2ccccc2)cc1O. The van der Waals surface area contributed by atoms with E-state index in [0.29, 0.717) is 6.42 Å². The highest BCUT2D eigenvalue weighted by Gasteiger charge is 2.18. The van der Waals surface area contributed by atoms with Crippen molar-refractivity contribution in [2.24, 2.45) is 0 Å². The standard InChI is InChI=1S/C19H19N3O3/c23-16(11-14-7-3-1-4-8-14)12-20-19(25)18-17(24)13-22(21-18)15-9-5-2-6-10-15/h1-10,13,16,23-24H,11-12H2,(H,20,25). The number of hydrogen-bond donors (Lipinski definition) is 3. The smallest absolute Gasteiger partial charge is 0.275 e. The van der Waals surface area contributed by atoms with E-state index in [9.17, 15) is 15.0 Å². The average Bonchev–Trinajstić information content (AvgIpc) is 3.03. The summed E-state index contributed by atoms with van der Waals surface area (Å²) in [4.78, 5) is 12.2. The Balaban J connectivity index is 1.61. The van der Waals surface area contributed by atoms with E-state index < -0.39 is 12.0 Å². The molecule has 3 rings (SSSR count). The lowest BCUT2D eigenvalue weighted by Crippen LogP contribution is -2.33. The average molecular weight is 337 g/mol. The van der Waals surface area contributed by atoms with Crippen molar-refractivity contribution >= 4 is 5.91 Å². The molecule has 3 N–H and O–H groups in total. The molecular weight excluding hydrogens is 318 g/mol. The Bertz CT molecular complexity index is 832. The molecule has 1 atom stereocenters. The molecule has 6 nitrogen and oxygen atoms in total. The molecule has 0 fully saturated rings. The number of aliphatic hydroxyl groups excluding tert-OH is 1. The van der Waals surface area contributed by atoms with Gasteiger partial charge < -0.3 is 15.5 Å². The number of nitrogens with one attached hydrogen (secondary N) is 1. The first kappa shape index (κ1) is 16.7. The summed E-state index contributed by atoms with van der Waals surface area (Å²) in [5.41, 5.74) is 1.65. The molecule has 0 aliphatic rings. The molecule has 0 saturated carbocycles. The number of amides is 1. The molecule has 2 aromatic carbocycles. The Morgan fingerprint density at radius 3 is 2.40 bits per heavy atom. The van der Waals surface area contributed by atoms with Gasteiger partial charge in [0.2, 0.25) is 0 Å². The van der Waals surface area contributed by atoms with E-state index in [1.807, 2.05) is 60.7 Å². The van der Waals surface area contributed by atoms with Gasteiger partial charge in [-0.25, -0.2) is 4.68 Å². The van der Waals surface area contributed by atoms with Crippen LogP contribution in [-0.2, 0) is 6.42 Å². The molecule has 0 saturated heterocycles. The molecule has 0 aliphatic carbocycles. The van der Waals surface area contributed by atoms with Crippen LogP contribution in [-0.4, -0.2) is 38.5 Å². The summed E-state index contributed by atoms with van der Waals surface area (Å²) >= 11 is 0. The number of aromatic hydroxyl groups is 1. The molecule has 128 valence electrons. The maximum atomic E-state index is 12.2. The fraction of sp³-hybridized carbons (Fsp3) is 0.158. The lowest BCUT2D eigenvalue weighted by Gasteiger charge is -2.11. The topological polar surface area (TPSA) is 87.4 Å². The summed E-state index contributed by atoms with van der Waals surface area (Å²) in [6.45, 7) is 0.0748. The Kier molecular flexibility index (Phi) is 5.11. The molecule has 0 aliphatic heterocycles. The van der Waals surface area contributed by atoms with E-state index >= 15 is 0 Å². The fourth-order valence-corrected chi connectivity index (χ4v) is 2.49. The minimum atomic E-state index is -0.718. The van der Waals surface area contributed by atoms with Gasteiger partial charge in [-0.15, -0.1) is 0 Å². The van der Waals surface area contributed by atoms with Gasteiger partial charge in [-0.05, 0) is 17.7 Å². The third-order valence-corrected chi connectivity index (χ3v) is 3.74. The summed E-state index contributed by atoms with van der Waals surface area (Å²) in [6.07, 6.45) is 1.10. The van der Waals surface area contributed by atoms with Crippen molar-refractivity contribution < 1.29 is 15.0 Å². The van der Waals surface area contributed by atoms with Crippen LogP contribution in [0.1, 0.15) is 16.1 Å². The number of nitrogens with zero attached hydrogens (tertiary/aromatic N) is 2. The summed E-state index contributed by atoms with van der Waals surface area (Å²) in [6, 6.07) is 18.7. The lowest BCUT2D eigenvalue weighted by molar-refractivity contribution is 0.0908. The van der Waals surface area contributed by atoms with Crippen molar-refractivity contribution in [3.8, 4) is 11.4 Å². The molecule has 25 heavy (non-hydrogen) atoms. The summed E-state index contributed by atoms with van der Waals surface area (Å²) in [7, 11) is 0. The molecule has 1 heterocycles. The number of aromatic nitrogens is 2. The minimum Gasteiger partial charge on any atom is -0.504 e. The molecule has 0 spiro atoms. The first-order valence-corrected chi connectivity index (χ1v) is 7.97. The van der Waals surface area contributed by atoms with Gasteiger partial charge in [0.15, 0.2) is 11.4 Å². The monoisotopic (exact) mass is 337 g/mol. The zero-order valence-electron chi connectivity index (χ0n) is 13.5. The first-order valence-electron chi connectivity index (χ1n) is 7.97. The van der Waals surface area contributed by atoms with Gasteiger partial charge in [0.05, 0.1) is 18.0 Å². The minimum absolute atomic E-state index is 0.0734. The van der Waals surface area contributed by atoms with Crippen LogP contribution in [0.4, 0.5) is 0 Å². The summed E-state index contributed by atoms with van der Waals surface area (Å²) < 4.78 is 1.44. The van der Waals surface area contributed by atoms with Crippen molar-refractivity contribution in [2.45, 2.75) is 12.5 Å². The molecule has 6 heteroatoms. The van der Waals surface area contributed by atoms with Gasteiger partial charge in [0.25, 0.3) is 5.91 Å². The maximum absolute atomic E-state index is 12.2. The van der Waals surface area contributed by atoms with Crippen molar-refractivity contribution in [3.63, 3.8) is 0 Å². The highest BCUT2D eigenvalue weighted by atomic mass is 16.3. The second kappa shape index (κ2) is 7.63. The van der Waals surface area contributed by atoms with Crippen molar-refractivity contribution in [1.29, 1.82) is 0 Å². The zero-order valence-corrected chi connectivity index (χ0v) is 13.5. The normalized spacial score (nSPS) is 11.9. The van der Waals surface area contributed by atoms with E-state index in [1.165, 1.54) is 10.9 Å². The second-order valence-corrected chi connectivity index (χ2v) is 5.70. The predicted octanol–water partition coefficient (Wildman–Crippen LogP) is 1.91. The van der Waals surface area contributed by atoms with Crippen LogP contribution in [0, 0.1) is 0 Å². The first-order chi connectivity index (χ1) is 12.1. The molecular formula is C19H19N3O3. The van der Waals surface area contributed by atoms with Crippen LogP contribution in [0.2, 0.25) is 0 Å². The van der Waals surface area contributed by atoms with Crippen molar-refractivity contribution in [1.82, 2.24) is 15.1 Å². The number of para-hydroxylation sites is 1. The highest BCUT2D eigenvalue weighted by molar-refractivity contribution is 5.94. The van der Waals surface area contributed by atoms with E-state index in [0.717, 1.165) is 11.3 Å². The molecule has 0 radical (unpaired) electrons. The second-order valence-electron chi connectivity index (χ2n) is 5.70. The molecule has 1 aromatic heterocycles. The molecule has 1 amide bonds. The largest absolute Gasteiger partial charge is 0.504 e. The summed E-state index contributed by atoms with van der Waals surface area (Å²) in [5, 5.41) is 26.7. The van der Waals surface area contributed by atoms with Crippen molar-refractivity contribution in [2.75, 3.05) is 6.54 Å². The number of carbonyl (C=O) groups is 1. The van der Waals surface area contributed by atoms with E-state index in [1.54, 1.807) is 0 Å². The Morgan fingerprint density at radius 2 is 1.72 bits per heavy atom.